The summed E-state index contributed by atoms with van der Waals surface area (Å²) < 4.78 is 0. The van der Waals surface area contributed by atoms with E-state index in [1.54, 1.807) is 0 Å². The molecule has 0 unspecified atom stereocenters. The van der Waals surface area contributed by atoms with Crippen molar-refractivity contribution in [3.05, 3.63) is 0 Å². The molecule has 1 atom stereocenters. The quantitative estimate of drug-likeness (QED) is 0.735. The molecule has 0 spiro atoms. The van der Waals surface area contributed by atoms with Crippen LogP contribution in [0.15, 0.2) is 0 Å². The van der Waals surface area contributed by atoms with Crippen molar-refractivity contribution in [1.29, 1.82) is 0 Å². The molecular weight excluding hydrogens is 190 g/mol. The van der Waals surface area contributed by atoms with Crippen molar-refractivity contribution in [1.82, 2.24) is 5.32 Å². The summed E-state index contributed by atoms with van der Waals surface area (Å²) >= 11 is 0. The van der Waals surface area contributed by atoms with Crippen LogP contribution >= 0.6 is 0 Å². The van der Waals surface area contributed by atoms with E-state index in [2.05, 4.69) is 5.32 Å². The number of rotatable bonds is 2. The molecule has 1 fully saturated rings. The maximum atomic E-state index is 11.7. The van der Waals surface area contributed by atoms with Gasteiger partial charge in [0, 0.05) is 5.54 Å². The average Bonchev–Trinajstić information content (AvgIpc) is 2.15. The van der Waals surface area contributed by atoms with E-state index >= 15 is 0 Å². The molecule has 88 valence electrons. The summed E-state index contributed by atoms with van der Waals surface area (Å²) in [5.41, 5.74) is -0.257. The number of amides is 1. The summed E-state index contributed by atoms with van der Waals surface area (Å²) in [5, 5.41) is 12.7. The van der Waals surface area contributed by atoms with Crippen LogP contribution < -0.4 is 5.32 Å². The lowest BCUT2D eigenvalue weighted by Crippen LogP contribution is -2.48. The third kappa shape index (κ3) is 4.20. The number of aliphatic hydroxyl groups is 1. The van der Waals surface area contributed by atoms with Gasteiger partial charge in [0.25, 0.3) is 0 Å². The van der Waals surface area contributed by atoms with Crippen molar-refractivity contribution >= 4 is 5.91 Å². The van der Waals surface area contributed by atoms with E-state index in [0.29, 0.717) is 0 Å². The highest BCUT2D eigenvalue weighted by atomic mass is 16.3. The highest BCUT2D eigenvalue weighted by Gasteiger charge is 2.29. The summed E-state index contributed by atoms with van der Waals surface area (Å²) in [6, 6.07) is 0. The van der Waals surface area contributed by atoms with E-state index in [9.17, 15) is 9.90 Å². The number of carbonyl (C=O) groups is 1. The zero-order chi connectivity index (χ0) is 11.5. The first-order valence-corrected chi connectivity index (χ1v) is 5.90. The fraction of sp³-hybridized carbons (Fsp3) is 0.917. The van der Waals surface area contributed by atoms with E-state index in [4.69, 9.17) is 0 Å². The lowest BCUT2D eigenvalue weighted by atomic mass is 9.85. The number of hydrogen-bond donors (Lipinski definition) is 2. The second-order valence-electron chi connectivity index (χ2n) is 5.58. The van der Waals surface area contributed by atoms with Gasteiger partial charge in [-0.25, -0.2) is 0 Å². The van der Waals surface area contributed by atoms with Crippen molar-refractivity contribution in [2.75, 3.05) is 0 Å². The molecule has 0 radical (unpaired) electrons. The molecule has 3 heteroatoms. The third-order valence-corrected chi connectivity index (χ3v) is 2.86. The highest BCUT2D eigenvalue weighted by molar-refractivity contribution is 5.81. The maximum absolute atomic E-state index is 11.7. The molecule has 0 saturated heterocycles. The smallest absolute Gasteiger partial charge is 0.249 e. The van der Waals surface area contributed by atoms with Crippen LogP contribution in [0.4, 0.5) is 0 Å². The minimum Gasteiger partial charge on any atom is -0.383 e. The maximum Gasteiger partial charge on any atom is 0.249 e. The molecule has 0 aromatic carbocycles. The van der Waals surface area contributed by atoms with Gasteiger partial charge in [-0.05, 0) is 39.5 Å². The Morgan fingerprint density at radius 3 is 2.27 bits per heavy atom. The van der Waals surface area contributed by atoms with Gasteiger partial charge in [0.05, 0.1) is 0 Å². The molecule has 1 aliphatic carbocycles. The van der Waals surface area contributed by atoms with E-state index in [1.165, 1.54) is 6.42 Å². The molecule has 0 aromatic heterocycles. The first-order valence-electron chi connectivity index (χ1n) is 5.90. The number of hydrogen-bond acceptors (Lipinski definition) is 2. The van der Waals surface area contributed by atoms with Gasteiger partial charge in [0.15, 0.2) is 0 Å². The lowest BCUT2D eigenvalue weighted by Gasteiger charge is -2.29. The molecule has 2 N–H and O–H groups in total. The Balaban J connectivity index is 2.44. The molecule has 1 amide bonds. The van der Waals surface area contributed by atoms with Crippen LogP contribution in [-0.4, -0.2) is 22.7 Å². The Hall–Kier alpha value is -0.570. The van der Waals surface area contributed by atoms with E-state index in [1.807, 2.05) is 20.8 Å². The van der Waals surface area contributed by atoms with Crippen molar-refractivity contribution < 1.29 is 9.90 Å². The van der Waals surface area contributed by atoms with Crippen LogP contribution in [-0.2, 0) is 4.79 Å². The highest BCUT2D eigenvalue weighted by Crippen LogP contribution is 2.26. The second-order valence-corrected chi connectivity index (χ2v) is 5.58. The van der Waals surface area contributed by atoms with Gasteiger partial charge in [0.2, 0.25) is 5.91 Å². The van der Waals surface area contributed by atoms with Gasteiger partial charge in [-0.1, -0.05) is 19.3 Å². The second kappa shape index (κ2) is 4.97. The van der Waals surface area contributed by atoms with Crippen molar-refractivity contribution in [2.45, 2.75) is 64.5 Å². The Bertz CT molecular complexity index is 214. The molecule has 1 aliphatic rings. The SMILES string of the molecule is CC(C)(C)NC(=O)[C@@H](O)C1CCCCC1. The van der Waals surface area contributed by atoms with Crippen LogP contribution in [0.2, 0.25) is 0 Å². The summed E-state index contributed by atoms with van der Waals surface area (Å²) in [6.07, 6.45) is 4.68. The van der Waals surface area contributed by atoms with Crippen LogP contribution in [0, 0.1) is 5.92 Å². The fourth-order valence-electron chi connectivity index (χ4n) is 2.11. The van der Waals surface area contributed by atoms with E-state index < -0.39 is 6.10 Å². The van der Waals surface area contributed by atoms with Crippen LogP contribution in [0.5, 0.6) is 0 Å². The number of carbonyl (C=O) groups excluding carboxylic acids is 1. The first kappa shape index (κ1) is 12.5. The normalized spacial score (nSPS) is 21.1. The summed E-state index contributed by atoms with van der Waals surface area (Å²) in [4.78, 5) is 11.7. The molecule has 3 nitrogen and oxygen atoms in total. The molecule has 0 aromatic rings. The van der Waals surface area contributed by atoms with Gasteiger partial charge in [-0.2, -0.15) is 0 Å². The molecule has 0 heterocycles. The number of nitrogens with one attached hydrogen (secondary N) is 1. The van der Waals surface area contributed by atoms with Gasteiger partial charge in [-0.15, -0.1) is 0 Å². The molecular formula is C12H23NO2. The first-order chi connectivity index (χ1) is 6.90. The minimum absolute atomic E-state index is 0.168. The monoisotopic (exact) mass is 213 g/mol. The molecule has 15 heavy (non-hydrogen) atoms. The van der Waals surface area contributed by atoms with Crippen LogP contribution in [0.1, 0.15) is 52.9 Å². The Morgan fingerprint density at radius 2 is 1.80 bits per heavy atom. The predicted molar refractivity (Wildman–Crippen MR) is 60.5 cm³/mol. The Labute approximate surface area is 92.3 Å². The predicted octanol–water partition coefficient (Wildman–Crippen LogP) is 1.84. The van der Waals surface area contributed by atoms with Gasteiger partial charge < -0.3 is 10.4 Å². The van der Waals surface area contributed by atoms with Crippen molar-refractivity contribution in [3.8, 4) is 0 Å². The zero-order valence-electron chi connectivity index (χ0n) is 10.0. The topological polar surface area (TPSA) is 49.3 Å². The molecule has 1 rings (SSSR count). The van der Waals surface area contributed by atoms with Crippen LogP contribution in [0.25, 0.3) is 0 Å². The van der Waals surface area contributed by atoms with Gasteiger partial charge >= 0.3 is 0 Å². The van der Waals surface area contributed by atoms with Crippen molar-refractivity contribution in [2.24, 2.45) is 5.92 Å². The average molecular weight is 213 g/mol. The number of aliphatic hydroxyl groups excluding tert-OH is 1. The summed E-state index contributed by atoms with van der Waals surface area (Å²) in [6.45, 7) is 5.79. The van der Waals surface area contributed by atoms with E-state index in [-0.39, 0.29) is 17.4 Å². The van der Waals surface area contributed by atoms with Crippen LogP contribution in [0.3, 0.4) is 0 Å². The molecule has 1 saturated carbocycles. The summed E-state index contributed by atoms with van der Waals surface area (Å²) in [5.74, 6) is -0.0458. The standard InChI is InChI=1S/C12H23NO2/c1-12(2,3)13-11(15)10(14)9-7-5-4-6-8-9/h9-10,14H,4-8H2,1-3H3,(H,13,15)/t10-/m0/s1. The molecule has 0 bridgehead atoms. The lowest BCUT2D eigenvalue weighted by molar-refractivity contribution is -0.134. The molecule has 0 aliphatic heterocycles. The fourth-order valence-corrected chi connectivity index (χ4v) is 2.11. The van der Waals surface area contributed by atoms with Crippen molar-refractivity contribution in [3.63, 3.8) is 0 Å². The summed E-state index contributed by atoms with van der Waals surface area (Å²) in [7, 11) is 0. The Kier molecular flexibility index (Phi) is 4.14. The largest absolute Gasteiger partial charge is 0.383 e. The minimum atomic E-state index is -0.815. The zero-order valence-corrected chi connectivity index (χ0v) is 10.0. The van der Waals surface area contributed by atoms with E-state index in [0.717, 1.165) is 25.7 Å². The third-order valence-electron chi connectivity index (χ3n) is 2.86. The van der Waals surface area contributed by atoms with Gasteiger partial charge in [0.1, 0.15) is 6.10 Å². The Morgan fingerprint density at radius 1 is 1.27 bits per heavy atom. The van der Waals surface area contributed by atoms with Gasteiger partial charge in [-0.3, -0.25) is 4.79 Å².